The molecule has 3 aliphatic rings. The molecular formula is C32H33BN4O5. The number of rotatable bonds is 4. The van der Waals surface area contributed by atoms with Crippen LogP contribution >= 0.6 is 0 Å². The molecule has 4 heterocycles. The minimum absolute atomic E-state index is 0.243. The molecule has 0 unspecified atom stereocenters. The SMILES string of the molecule is CC1(C)OB(c2ccc3cc(-c4cnc([C@@H]5Cc6cccc7c6N5C(=O)[C@@H](NC(=O)O)CC7)[nH]4)ccc3c2)OC1(C)C. The van der Waals surface area contributed by atoms with Gasteiger partial charge < -0.3 is 24.7 Å². The van der Waals surface area contributed by atoms with Gasteiger partial charge in [-0.2, -0.15) is 0 Å². The molecule has 0 radical (unpaired) electrons. The van der Waals surface area contributed by atoms with Gasteiger partial charge in [0.25, 0.3) is 0 Å². The zero-order chi connectivity index (χ0) is 29.4. The first-order valence-electron chi connectivity index (χ1n) is 14.4. The Balaban J connectivity index is 1.17. The van der Waals surface area contributed by atoms with Gasteiger partial charge in [-0.15, -0.1) is 0 Å². The Kier molecular flexibility index (Phi) is 6.01. The summed E-state index contributed by atoms with van der Waals surface area (Å²) < 4.78 is 12.5. The third kappa shape index (κ3) is 4.28. The highest BCUT2D eigenvalue weighted by molar-refractivity contribution is 6.62. The molecule has 4 aromatic rings. The van der Waals surface area contributed by atoms with Gasteiger partial charge in [0.15, 0.2) is 0 Å². The summed E-state index contributed by atoms with van der Waals surface area (Å²) in [6.45, 7) is 8.21. The van der Waals surface area contributed by atoms with E-state index in [0.717, 1.165) is 44.3 Å². The zero-order valence-corrected chi connectivity index (χ0v) is 24.1. The first-order valence-corrected chi connectivity index (χ1v) is 14.4. The summed E-state index contributed by atoms with van der Waals surface area (Å²) in [5.74, 6) is 0.431. The Bertz CT molecular complexity index is 1730. The molecule has 0 bridgehead atoms. The van der Waals surface area contributed by atoms with Gasteiger partial charge in [0.2, 0.25) is 5.91 Å². The molecule has 42 heavy (non-hydrogen) atoms. The first-order chi connectivity index (χ1) is 20.0. The number of aromatic nitrogens is 2. The zero-order valence-electron chi connectivity index (χ0n) is 24.1. The van der Waals surface area contributed by atoms with Crippen LogP contribution < -0.4 is 15.7 Å². The number of H-pyrrole nitrogens is 1. The van der Waals surface area contributed by atoms with E-state index in [1.165, 1.54) is 0 Å². The van der Waals surface area contributed by atoms with Crippen LogP contribution in [-0.4, -0.2) is 51.4 Å². The summed E-state index contributed by atoms with van der Waals surface area (Å²) in [7, 11) is -0.419. The van der Waals surface area contributed by atoms with Crippen LogP contribution in [-0.2, 0) is 26.9 Å². The van der Waals surface area contributed by atoms with Crippen molar-refractivity contribution in [2.75, 3.05) is 4.90 Å². The van der Waals surface area contributed by atoms with Crippen LogP contribution in [0.25, 0.3) is 22.0 Å². The fourth-order valence-electron chi connectivity index (χ4n) is 6.34. The quantitative estimate of drug-likeness (QED) is 0.309. The molecule has 7 rings (SSSR count). The Morgan fingerprint density at radius 3 is 2.52 bits per heavy atom. The average molecular weight is 564 g/mol. The van der Waals surface area contributed by atoms with E-state index < -0.39 is 30.5 Å². The predicted octanol–water partition coefficient (Wildman–Crippen LogP) is 4.74. The Hall–Kier alpha value is -4.15. The van der Waals surface area contributed by atoms with Crippen LogP contribution in [0.15, 0.2) is 60.8 Å². The maximum atomic E-state index is 13.6. The van der Waals surface area contributed by atoms with Gasteiger partial charge >= 0.3 is 13.2 Å². The first kappa shape index (κ1) is 26.7. The number of hydrogen-bond donors (Lipinski definition) is 3. The van der Waals surface area contributed by atoms with Crippen molar-refractivity contribution < 1.29 is 24.0 Å². The van der Waals surface area contributed by atoms with Gasteiger partial charge in [0.1, 0.15) is 11.9 Å². The van der Waals surface area contributed by atoms with Gasteiger partial charge in [0, 0.05) is 12.0 Å². The second kappa shape index (κ2) is 9.44. The number of nitrogens with zero attached hydrogens (tertiary/aromatic N) is 2. The summed E-state index contributed by atoms with van der Waals surface area (Å²) in [6.07, 6.45) is 2.26. The van der Waals surface area contributed by atoms with E-state index in [4.69, 9.17) is 14.3 Å². The van der Waals surface area contributed by atoms with Crippen molar-refractivity contribution in [3.05, 3.63) is 77.7 Å². The maximum Gasteiger partial charge on any atom is 0.494 e. The molecule has 9 nitrogen and oxygen atoms in total. The van der Waals surface area contributed by atoms with Crippen molar-refractivity contribution in [1.82, 2.24) is 15.3 Å². The second-order valence-corrected chi connectivity index (χ2v) is 12.5. The topological polar surface area (TPSA) is 117 Å². The largest absolute Gasteiger partial charge is 0.494 e. The molecule has 0 spiro atoms. The van der Waals surface area contributed by atoms with Gasteiger partial charge in [-0.05, 0) is 74.0 Å². The van der Waals surface area contributed by atoms with Crippen molar-refractivity contribution in [1.29, 1.82) is 0 Å². The number of imidazole rings is 1. The minimum Gasteiger partial charge on any atom is -0.465 e. The van der Waals surface area contributed by atoms with E-state index in [0.29, 0.717) is 25.1 Å². The number of aryl methyl sites for hydroxylation is 1. The van der Waals surface area contributed by atoms with Crippen LogP contribution in [0.4, 0.5) is 10.5 Å². The number of aromatic amines is 1. The van der Waals surface area contributed by atoms with E-state index in [1.54, 1.807) is 11.1 Å². The van der Waals surface area contributed by atoms with E-state index in [-0.39, 0.29) is 11.9 Å². The highest BCUT2D eigenvalue weighted by atomic mass is 16.7. The normalized spacial score (nSPS) is 22.3. The fraction of sp³-hybridized carbons (Fsp3) is 0.344. The standard InChI is InChI=1S/C32H33BN4O5/c1-31(2)32(3,4)42-33(41-31)23-12-10-19-14-21(9-8-20(19)15-23)25-17-34-28(35-25)26-16-22-7-5-6-18-11-13-24(36-30(39)40)29(38)37(26)27(18)22/h5-10,12,14-15,17,24,26,36H,11,13,16H2,1-4H3,(H,34,35)(H,39,40)/t24-,26-/m0/s1. The van der Waals surface area contributed by atoms with Crippen LogP contribution in [0.2, 0.25) is 0 Å². The number of carboxylic acid groups (broad SMARTS) is 1. The number of hydrogen-bond acceptors (Lipinski definition) is 5. The van der Waals surface area contributed by atoms with Crippen LogP contribution in [0, 0.1) is 0 Å². The van der Waals surface area contributed by atoms with E-state index in [1.807, 2.05) is 24.3 Å². The van der Waals surface area contributed by atoms with Gasteiger partial charge in [-0.1, -0.05) is 48.5 Å². The molecule has 3 N–H and O–H groups in total. The highest BCUT2D eigenvalue weighted by Gasteiger charge is 2.51. The third-order valence-electron chi connectivity index (χ3n) is 9.32. The summed E-state index contributed by atoms with van der Waals surface area (Å²) in [5, 5.41) is 13.9. The van der Waals surface area contributed by atoms with Crippen molar-refractivity contribution >= 4 is 41.0 Å². The van der Waals surface area contributed by atoms with E-state index in [2.05, 4.69) is 68.3 Å². The maximum absolute atomic E-state index is 13.6. The number of nitrogens with one attached hydrogen (secondary N) is 2. The molecule has 10 heteroatoms. The van der Waals surface area contributed by atoms with E-state index >= 15 is 0 Å². The van der Waals surface area contributed by atoms with Crippen molar-refractivity contribution in [2.45, 2.75) is 70.2 Å². The molecule has 2 amide bonds. The number of amides is 2. The third-order valence-corrected chi connectivity index (χ3v) is 9.32. The number of carbonyl (C=O) groups excluding carboxylic acids is 1. The van der Waals surface area contributed by atoms with Crippen molar-refractivity contribution in [2.24, 2.45) is 0 Å². The average Bonchev–Trinajstić information content (AvgIpc) is 3.61. The summed E-state index contributed by atoms with van der Waals surface area (Å²) in [4.78, 5) is 35.0. The Morgan fingerprint density at radius 2 is 1.76 bits per heavy atom. The summed E-state index contributed by atoms with van der Waals surface area (Å²) in [5.41, 5.74) is 5.03. The lowest BCUT2D eigenvalue weighted by atomic mass is 9.78. The number of fused-ring (bicyclic) bond motifs is 1. The molecule has 0 saturated carbocycles. The van der Waals surface area contributed by atoms with Crippen LogP contribution in [0.3, 0.4) is 0 Å². The lowest BCUT2D eigenvalue weighted by Crippen LogP contribution is -2.48. The molecule has 2 atom stereocenters. The smallest absolute Gasteiger partial charge is 0.465 e. The monoisotopic (exact) mass is 564 g/mol. The van der Waals surface area contributed by atoms with Crippen molar-refractivity contribution in [3.8, 4) is 11.3 Å². The number of carbonyl (C=O) groups is 2. The molecule has 3 aromatic carbocycles. The van der Waals surface area contributed by atoms with Crippen LogP contribution in [0.1, 0.15) is 57.1 Å². The lowest BCUT2D eigenvalue weighted by molar-refractivity contribution is -0.120. The lowest BCUT2D eigenvalue weighted by Gasteiger charge is -2.32. The Labute approximate surface area is 244 Å². The van der Waals surface area contributed by atoms with Gasteiger partial charge in [-0.3, -0.25) is 9.69 Å². The van der Waals surface area contributed by atoms with Gasteiger partial charge in [0.05, 0.1) is 34.8 Å². The molecule has 1 saturated heterocycles. The molecule has 3 aliphatic heterocycles. The molecule has 1 aromatic heterocycles. The Morgan fingerprint density at radius 1 is 1.05 bits per heavy atom. The summed E-state index contributed by atoms with van der Waals surface area (Å²) in [6, 6.07) is 17.4. The number of anilines is 1. The predicted molar refractivity (Wildman–Crippen MR) is 161 cm³/mol. The molecule has 0 aliphatic carbocycles. The molecule has 214 valence electrons. The van der Waals surface area contributed by atoms with E-state index in [9.17, 15) is 14.7 Å². The van der Waals surface area contributed by atoms with Gasteiger partial charge in [-0.25, -0.2) is 9.78 Å². The molecule has 1 fully saturated rings. The molecular weight excluding hydrogens is 531 g/mol. The minimum atomic E-state index is -1.20. The second-order valence-electron chi connectivity index (χ2n) is 12.5. The summed E-state index contributed by atoms with van der Waals surface area (Å²) >= 11 is 0. The number of para-hydroxylation sites is 1. The fourth-order valence-corrected chi connectivity index (χ4v) is 6.34. The highest BCUT2D eigenvalue weighted by Crippen LogP contribution is 2.44. The number of benzene rings is 3. The van der Waals surface area contributed by atoms with Crippen LogP contribution in [0.5, 0.6) is 0 Å². The van der Waals surface area contributed by atoms with Crippen molar-refractivity contribution in [3.63, 3.8) is 0 Å².